The van der Waals surface area contributed by atoms with Crippen molar-refractivity contribution in [2.75, 3.05) is 0 Å². The molecular formula is C22H18FN3O4. The minimum absolute atomic E-state index is 0.0922. The van der Waals surface area contributed by atoms with Crippen molar-refractivity contribution < 1.29 is 18.3 Å². The Morgan fingerprint density at radius 3 is 2.77 bits per heavy atom. The first kappa shape index (κ1) is 19.5. The normalized spacial score (nSPS) is 11.0. The SMILES string of the molecule is O=C(CCCc1nc2ccccc2c(=O)[nH]1)OCc1ncc(-c2ccc(F)cc2)o1. The van der Waals surface area contributed by atoms with Gasteiger partial charge in [0.1, 0.15) is 11.6 Å². The van der Waals surface area contributed by atoms with Crippen molar-refractivity contribution in [2.45, 2.75) is 25.9 Å². The summed E-state index contributed by atoms with van der Waals surface area (Å²) >= 11 is 0. The Kier molecular flexibility index (Phi) is 5.65. The summed E-state index contributed by atoms with van der Waals surface area (Å²) in [7, 11) is 0. The van der Waals surface area contributed by atoms with Crippen molar-refractivity contribution in [3.05, 3.63) is 82.6 Å². The van der Waals surface area contributed by atoms with Crippen LogP contribution in [0.4, 0.5) is 4.39 Å². The van der Waals surface area contributed by atoms with Gasteiger partial charge < -0.3 is 14.1 Å². The van der Waals surface area contributed by atoms with Crippen LogP contribution in [0.5, 0.6) is 0 Å². The van der Waals surface area contributed by atoms with Crippen molar-refractivity contribution >= 4 is 16.9 Å². The van der Waals surface area contributed by atoms with Crippen LogP contribution in [0.2, 0.25) is 0 Å². The number of nitrogens with zero attached hydrogens (tertiary/aromatic N) is 2. The van der Waals surface area contributed by atoms with E-state index in [-0.39, 0.29) is 30.3 Å². The maximum Gasteiger partial charge on any atom is 0.306 e. The summed E-state index contributed by atoms with van der Waals surface area (Å²) in [6, 6.07) is 12.9. The molecule has 0 saturated carbocycles. The number of aryl methyl sites for hydroxylation is 1. The van der Waals surface area contributed by atoms with Crippen LogP contribution in [0.3, 0.4) is 0 Å². The number of benzene rings is 2. The zero-order chi connectivity index (χ0) is 20.9. The predicted octanol–water partition coefficient (Wildman–Crippen LogP) is 3.78. The fraction of sp³-hybridized carbons (Fsp3) is 0.182. The van der Waals surface area contributed by atoms with Gasteiger partial charge in [0.2, 0.25) is 5.89 Å². The third-order valence-electron chi connectivity index (χ3n) is 4.50. The van der Waals surface area contributed by atoms with E-state index in [1.807, 2.05) is 6.07 Å². The fourth-order valence-corrected chi connectivity index (χ4v) is 2.99. The molecular weight excluding hydrogens is 389 g/mol. The zero-order valence-corrected chi connectivity index (χ0v) is 15.9. The molecule has 0 unspecified atom stereocenters. The number of aromatic nitrogens is 3. The number of nitrogens with one attached hydrogen (secondary N) is 1. The number of aromatic amines is 1. The molecule has 0 atom stereocenters. The molecule has 30 heavy (non-hydrogen) atoms. The molecule has 2 heterocycles. The van der Waals surface area contributed by atoms with E-state index in [9.17, 15) is 14.0 Å². The number of rotatable bonds is 7. The average Bonchev–Trinajstić information content (AvgIpc) is 3.22. The van der Waals surface area contributed by atoms with Crippen molar-refractivity contribution in [2.24, 2.45) is 0 Å². The van der Waals surface area contributed by atoms with E-state index in [4.69, 9.17) is 9.15 Å². The van der Waals surface area contributed by atoms with Gasteiger partial charge in [0.25, 0.3) is 5.56 Å². The Bertz CT molecular complexity index is 1230. The van der Waals surface area contributed by atoms with Gasteiger partial charge in [0.05, 0.1) is 17.1 Å². The highest BCUT2D eigenvalue weighted by molar-refractivity contribution is 5.77. The van der Waals surface area contributed by atoms with Crippen LogP contribution in [0.25, 0.3) is 22.2 Å². The third kappa shape index (κ3) is 4.60. The number of esters is 1. The lowest BCUT2D eigenvalue weighted by Crippen LogP contribution is -2.12. The Balaban J connectivity index is 1.27. The van der Waals surface area contributed by atoms with E-state index in [1.165, 1.54) is 18.3 Å². The van der Waals surface area contributed by atoms with E-state index in [0.29, 0.717) is 40.9 Å². The van der Waals surface area contributed by atoms with Gasteiger partial charge >= 0.3 is 5.97 Å². The van der Waals surface area contributed by atoms with Crippen molar-refractivity contribution in [3.8, 4) is 11.3 Å². The second kappa shape index (κ2) is 8.69. The lowest BCUT2D eigenvalue weighted by atomic mass is 10.2. The van der Waals surface area contributed by atoms with Gasteiger partial charge in [-0.2, -0.15) is 0 Å². The number of hydrogen-bond donors (Lipinski definition) is 1. The van der Waals surface area contributed by atoms with Crippen molar-refractivity contribution in [3.63, 3.8) is 0 Å². The standard InChI is InChI=1S/C22H18FN3O4/c23-15-10-8-14(9-11-15)18-12-24-20(30-18)13-29-21(27)7-3-6-19-25-17-5-2-1-4-16(17)22(28)26-19/h1-2,4-5,8-12H,3,6-7,13H2,(H,25,26,28). The first-order valence-corrected chi connectivity index (χ1v) is 9.43. The molecule has 0 fully saturated rings. The summed E-state index contributed by atoms with van der Waals surface area (Å²) in [5, 5.41) is 0.534. The molecule has 2 aromatic heterocycles. The van der Waals surface area contributed by atoms with E-state index < -0.39 is 5.97 Å². The molecule has 0 bridgehead atoms. The van der Waals surface area contributed by atoms with Gasteiger partial charge in [-0.3, -0.25) is 9.59 Å². The maximum atomic E-state index is 13.0. The highest BCUT2D eigenvalue weighted by atomic mass is 19.1. The Morgan fingerprint density at radius 1 is 1.13 bits per heavy atom. The monoisotopic (exact) mass is 407 g/mol. The van der Waals surface area contributed by atoms with Crippen molar-refractivity contribution in [1.29, 1.82) is 0 Å². The van der Waals surface area contributed by atoms with Gasteiger partial charge in [-0.05, 0) is 42.8 Å². The molecule has 0 saturated heterocycles. The summed E-state index contributed by atoms with van der Waals surface area (Å²) in [5.41, 5.74) is 1.11. The lowest BCUT2D eigenvalue weighted by Gasteiger charge is -2.04. The highest BCUT2D eigenvalue weighted by Gasteiger charge is 2.10. The molecule has 152 valence electrons. The summed E-state index contributed by atoms with van der Waals surface area (Å²) in [5.74, 6) is 0.508. The van der Waals surface area contributed by atoms with Crippen LogP contribution in [0.1, 0.15) is 24.6 Å². The molecule has 0 radical (unpaired) electrons. The smallest absolute Gasteiger partial charge is 0.306 e. The minimum Gasteiger partial charge on any atom is -0.456 e. The van der Waals surface area contributed by atoms with Gasteiger partial charge in [0.15, 0.2) is 12.4 Å². The first-order chi connectivity index (χ1) is 14.6. The van der Waals surface area contributed by atoms with Crippen LogP contribution in [-0.2, 0) is 22.6 Å². The molecule has 0 aliphatic carbocycles. The molecule has 0 amide bonds. The van der Waals surface area contributed by atoms with Gasteiger partial charge in [-0.25, -0.2) is 14.4 Å². The van der Waals surface area contributed by atoms with Crippen LogP contribution >= 0.6 is 0 Å². The molecule has 0 aliphatic heterocycles. The van der Waals surface area contributed by atoms with E-state index in [0.717, 1.165) is 0 Å². The quantitative estimate of drug-likeness (QED) is 0.468. The molecule has 7 nitrogen and oxygen atoms in total. The number of hydrogen-bond acceptors (Lipinski definition) is 6. The summed E-state index contributed by atoms with van der Waals surface area (Å²) in [4.78, 5) is 35.2. The Labute approximate surface area is 170 Å². The lowest BCUT2D eigenvalue weighted by molar-refractivity contribution is -0.145. The van der Waals surface area contributed by atoms with Gasteiger partial charge in [-0.1, -0.05) is 12.1 Å². The third-order valence-corrected chi connectivity index (χ3v) is 4.50. The fourth-order valence-electron chi connectivity index (χ4n) is 2.99. The highest BCUT2D eigenvalue weighted by Crippen LogP contribution is 2.21. The Morgan fingerprint density at radius 2 is 1.93 bits per heavy atom. The predicted molar refractivity (Wildman–Crippen MR) is 107 cm³/mol. The number of para-hydroxylation sites is 1. The molecule has 4 aromatic rings. The molecule has 2 aromatic carbocycles. The molecule has 0 aliphatic rings. The van der Waals surface area contributed by atoms with Gasteiger partial charge in [0, 0.05) is 18.4 Å². The largest absolute Gasteiger partial charge is 0.456 e. The zero-order valence-electron chi connectivity index (χ0n) is 15.9. The molecule has 4 rings (SSSR count). The van der Waals surface area contributed by atoms with Crippen molar-refractivity contribution in [1.82, 2.24) is 15.0 Å². The Hall–Kier alpha value is -3.81. The number of carbonyl (C=O) groups is 1. The van der Waals surface area contributed by atoms with E-state index in [2.05, 4.69) is 15.0 Å². The topological polar surface area (TPSA) is 98.1 Å². The second-order valence-electron chi connectivity index (χ2n) is 6.67. The number of oxazole rings is 1. The summed E-state index contributed by atoms with van der Waals surface area (Å²) in [6.45, 7) is -0.0922. The second-order valence-corrected chi connectivity index (χ2v) is 6.67. The number of ether oxygens (including phenoxy) is 1. The summed E-state index contributed by atoms with van der Waals surface area (Å²) in [6.07, 6.45) is 2.59. The maximum absolute atomic E-state index is 13.0. The van der Waals surface area contributed by atoms with Crippen LogP contribution in [-0.4, -0.2) is 20.9 Å². The minimum atomic E-state index is -0.403. The van der Waals surface area contributed by atoms with E-state index in [1.54, 1.807) is 30.3 Å². The molecule has 0 spiro atoms. The van der Waals surface area contributed by atoms with E-state index >= 15 is 0 Å². The summed E-state index contributed by atoms with van der Waals surface area (Å²) < 4.78 is 23.7. The molecule has 1 N–H and O–H groups in total. The number of halogens is 1. The van der Waals surface area contributed by atoms with Crippen LogP contribution in [0.15, 0.2) is 63.9 Å². The average molecular weight is 407 g/mol. The van der Waals surface area contributed by atoms with Gasteiger partial charge in [-0.15, -0.1) is 0 Å². The van der Waals surface area contributed by atoms with Crippen LogP contribution < -0.4 is 5.56 Å². The number of carbonyl (C=O) groups excluding carboxylic acids is 1. The number of H-pyrrole nitrogens is 1. The first-order valence-electron chi connectivity index (χ1n) is 9.43. The van der Waals surface area contributed by atoms with Crippen LogP contribution in [0, 0.1) is 5.82 Å². The number of fused-ring (bicyclic) bond motifs is 1. The molecule has 8 heteroatoms.